The Bertz CT molecular complexity index is 1400. The van der Waals surface area contributed by atoms with Crippen LogP contribution in [0.25, 0.3) is 22.4 Å². The van der Waals surface area contributed by atoms with E-state index in [1.165, 1.54) is 0 Å². The molecule has 1 saturated heterocycles. The van der Waals surface area contributed by atoms with Gasteiger partial charge in [-0.2, -0.15) is 0 Å². The third-order valence-corrected chi connectivity index (χ3v) is 6.89. The minimum absolute atomic E-state index is 0.00791. The monoisotopic (exact) mass is 540 g/mol. The highest BCUT2D eigenvalue weighted by molar-refractivity contribution is 5.78. The average Bonchev–Trinajstić information content (AvgIpc) is 3.03. The van der Waals surface area contributed by atoms with Gasteiger partial charge >= 0.3 is 0 Å². The van der Waals surface area contributed by atoms with Gasteiger partial charge in [-0.25, -0.2) is 0 Å². The molecule has 4 aromatic rings. The summed E-state index contributed by atoms with van der Waals surface area (Å²) in [6, 6.07) is 25.5. The van der Waals surface area contributed by atoms with Crippen molar-refractivity contribution in [1.29, 1.82) is 0 Å². The van der Waals surface area contributed by atoms with E-state index in [4.69, 9.17) is 18.9 Å². The number of benzene rings is 3. The molecule has 2 heterocycles. The van der Waals surface area contributed by atoms with Crippen LogP contribution in [-0.4, -0.2) is 75.1 Å². The second kappa shape index (κ2) is 12.4. The van der Waals surface area contributed by atoms with Crippen molar-refractivity contribution in [2.24, 2.45) is 0 Å². The smallest absolute Gasteiger partial charge is 0.260 e. The van der Waals surface area contributed by atoms with Crippen molar-refractivity contribution in [1.82, 2.24) is 15.1 Å². The highest BCUT2D eigenvalue weighted by Gasteiger charge is 2.23. The normalized spacial score (nSPS) is 13.1. The number of carbonyl (C=O) groups excluding carboxylic acids is 1. The Morgan fingerprint density at radius 2 is 1.38 bits per heavy atom. The van der Waals surface area contributed by atoms with E-state index < -0.39 is 0 Å². The molecular formula is C31H32N4O5. The summed E-state index contributed by atoms with van der Waals surface area (Å²) >= 11 is 0. The second-order valence-electron chi connectivity index (χ2n) is 9.24. The van der Waals surface area contributed by atoms with Gasteiger partial charge in [-0.15, -0.1) is 10.2 Å². The first-order chi connectivity index (χ1) is 19.6. The van der Waals surface area contributed by atoms with Crippen LogP contribution in [-0.2, 0) is 4.79 Å². The summed E-state index contributed by atoms with van der Waals surface area (Å²) in [6.45, 7) is 2.51. The average molecular weight is 541 g/mol. The summed E-state index contributed by atoms with van der Waals surface area (Å²) in [4.78, 5) is 16.7. The molecule has 1 fully saturated rings. The number of anilines is 1. The number of hydrogen-bond acceptors (Lipinski definition) is 8. The van der Waals surface area contributed by atoms with Crippen LogP contribution in [0.1, 0.15) is 0 Å². The van der Waals surface area contributed by atoms with E-state index in [2.05, 4.69) is 27.2 Å². The van der Waals surface area contributed by atoms with Gasteiger partial charge in [-0.3, -0.25) is 4.79 Å². The van der Waals surface area contributed by atoms with Crippen molar-refractivity contribution in [2.75, 3.05) is 59.0 Å². The van der Waals surface area contributed by atoms with Crippen molar-refractivity contribution in [2.45, 2.75) is 0 Å². The van der Waals surface area contributed by atoms with Crippen LogP contribution in [0.4, 0.5) is 5.82 Å². The first-order valence-corrected chi connectivity index (χ1v) is 13.0. The Hall–Kier alpha value is -4.79. The van der Waals surface area contributed by atoms with Gasteiger partial charge in [-0.05, 0) is 47.5 Å². The number of carbonyl (C=O) groups is 1. The molecule has 1 amide bonds. The summed E-state index contributed by atoms with van der Waals surface area (Å²) in [6.07, 6.45) is 0. The summed E-state index contributed by atoms with van der Waals surface area (Å²) in [5, 5.41) is 8.87. The fourth-order valence-corrected chi connectivity index (χ4v) is 4.67. The minimum atomic E-state index is -0.0318. The zero-order valence-corrected chi connectivity index (χ0v) is 22.9. The van der Waals surface area contributed by atoms with Crippen molar-refractivity contribution in [3.8, 4) is 45.4 Å². The van der Waals surface area contributed by atoms with Gasteiger partial charge in [-0.1, -0.05) is 42.5 Å². The van der Waals surface area contributed by atoms with Crippen molar-refractivity contribution in [3.05, 3.63) is 78.9 Å². The lowest BCUT2D eigenvalue weighted by molar-refractivity contribution is -0.133. The molecule has 9 heteroatoms. The molecule has 5 rings (SSSR count). The zero-order chi connectivity index (χ0) is 27.9. The summed E-state index contributed by atoms with van der Waals surface area (Å²) in [5.74, 6) is 3.04. The number of aromatic nitrogens is 2. The van der Waals surface area contributed by atoms with Crippen LogP contribution < -0.4 is 23.8 Å². The highest BCUT2D eigenvalue weighted by Crippen LogP contribution is 2.40. The fraction of sp³-hybridized carbons (Fsp3) is 0.258. The van der Waals surface area contributed by atoms with E-state index in [9.17, 15) is 4.79 Å². The Morgan fingerprint density at radius 3 is 1.95 bits per heavy atom. The molecule has 0 N–H and O–H groups in total. The Balaban J connectivity index is 1.14. The van der Waals surface area contributed by atoms with Crippen LogP contribution in [0, 0.1) is 0 Å². The first-order valence-electron chi connectivity index (χ1n) is 13.0. The van der Waals surface area contributed by atoms with E-state index in [0.717, 1.165) is 22.5 Å². The standard InChI is InChI=1S/C31H32N4O5/c1-37-27-19-24(20-28(38-2)31(27)39-3)26-13-14-29(33-32-26)34-15-17-35(18-16-34)30(36)21-40-25-11-9-23(10-12-25)22-7-5-4-6-8-22/h4-14,19-20H,15-18,21H2,1-3H3. The molecule has 0 aliphatic carbocycles. The van der Waals surface area contributed by atoms with Crippen LogP contribution in [0.3, 0.4) is 0 Å². The molecule has 1 aromatic heterocycles. The summed E-state index contributed by atoms with van der Waals surface area (Å²) < 4.78 is 22.1. The van der Waals surface area contributed by atoms with Crippen molar-refractivity contribution < 1.29 is 23.7 Å². The molecule has 0 spiro atoms. The molecule has 0 radical (unpaired) electrons. The topological polar surface area (TPSA) is 86.3 Å². The Morgan fingerprint density at radius 1 is 0.725 bits per heavy atom. The quantitative estimate of drug-likeness (QED) is 0.305. The lowest BCUT2D eigenvalue weighted by Gasteiger charge is -2.35. The van der Waals surface area contributed by atoms with Gasteiger partial charge in [0.1, 0.15) is 5.75 Å². The van der Waals surface area contributed by atoms with Crippen LogP contribution in [0.15, 0.2) is 78.9 Å². The van der Waals surface area contributed by atoms with Crippen LogP contribution >= 0.6 is 0 Å². The lowest BCUT2D eigenvalue weighted by atomic mass is 10.1. The Labute approximate surface area is 233 Å². The van der Waals surface area contributed by atoms with Gasteiger partial charge in [0.15, 0.2) is 23.9 Å². The third kappa shape index (κ3) is 5.93. The molecule has 206 valence electrons. The van der Waals surface area contributed by atoms with E-state index in [0.29, 0.717) is 54.9 Å². The van der Waals surface area contributed by atoms with Crippen molar-refractivity contribution in [3.63, 3.8) is 0 Å². The molecule has 9 nitrogen and oxygen atoms in total. The largest absolute Gasteiger partial charge is 0.493 e. The Kier molecular flexibility index (Phi) is 8.29. The summed E-state index contributed by atoms with van der Waals surface area (Å²) in [5.41, 5.74) is 3.74. The number of amides is 1. The second-order valence-corrected chi connectivity index (χ2v) is 9.24. The van der Waals surface area contributed by atoms with Gasteiger partial charge in [0, 0.05) is 31.7 Å². The molecular weight excluding hydrogens is 508 g/mol. The van der Waals surface area contributed by atoms with Gasteiger partial charge in [0.05, 0.1) is 27.0 Å². The number of methoxy groups -OCH3 is 3. The van der Waals surface area contributed by atoms with Crippen molar-refractivity contribution >= 4 is 11.7 Å². The molecule has 1 aliphatic rings. The van der Waals surface area contributed by atoms with Gasteiger partial charge < -0.3 is 28.7 Å². The number of nitrogens with zero attached hydrogens (tertiary/aromatic N) is 4. The maximum Gasteiger partial charge on any atom is 0.260 e. The first kappa shape index (κ1) is 26.8. The number of piperazine rings is 1. The molecule has 0 bridgehead atoms. The molecule has 0 saturated carbocycles. The fourth-order valence-electron chi connectivity index (χ4n) is 4.67. The number of ether oxygens (including phenoxy) is 4. The molecule has 40 heavy (non-hydrogen) atoms. The molecule has 0 atom stereocenters. The maximum atomic E-state index is 12.8. The van der Waals surface area contributed by atoms with E-state index in [1.807, 2.05) is 71.6 Å². The highest BCUT2D eigenvalue weighted by atomic mass is 16.5. The molecule has 0 unspecified atom stereocenters. The molecule has 1 aliphatic heterocycles. The number of rotatable bonds is 9. The SMILES string of the molecule is COc1cc(-c2ccc(N3CCN(C(=O)COc4ccc(-c5ccccc5)cc4)CC3)nn2)cc(OC)c1OC. The summed E-state index contributed by atoms with van der Waals surface area (Å²) in [7, 11) is 4.73. The van der Waals surface area contributed by atoms with Crippen LogP contribution in [0.5, 0.6) is 23.0 Å². The van der Waals surface area contributed by atoms with E-state index >= 15 is 0 Å². The predicted octanol–water partition coefficient (Wildman–Crippen LogP) is 4.56. The van der Waals surface area contributed by atoms with Gasteiger partial charge in [0.25, 0.3) is 5.91 Å². The maximum absolute atomic E-state index is 12.8. The third-order valence-electron chi connectivity index (χ3n) is 6.89. The number of hydrogen-bond donors (Lipinski definition) is 0. The minimum Gasteiger partial charge on any atom is -0.493 e. The van der Waals surface area contributed by atoms with E-state index in [1.54, 1.807) is 21.3 Å². The van der Waals surface area contributed by atoms with Gasteiger partial charge in [0.2, 0.25) is 5.75 Å². The molecule has 3 aromatic carbocycles. The van der Waals surface area contributed by atoms with Crippen LogP contribution in [0.2, 0.25) is 0 Å². The van der Waals surface area contributed by atoms with E-state index in [-0.39, 0.29) is 12.5 Å². The lowest BCUT2D eigenvalue weighted by Crippen LogP contribution is -2.50. The zero-order valence-electron chi connectivity index (χ0n) is 22.9. The predicted molar refractivity (Wildman–Crippen MR) is 153 cm³/mol.